The van der Waals surface area contributed by atoms with Crippen molar-refractivity contribution in [3.8, 4) is 0 Å². The number of anilines is 4. The third-order valence-electron chi connectivity index (χ3n) is 4.55. The maximum Gasteiger partial charge on any atom is 0.152 e. The molecule has 1 fully saturated rings. The Kier molecular flexibility index (Phi) is 4.20. The highest BCUT2D eigenvalue weighted by atomic mass is 19.1. The van der Waals surface area contributed by atoms with Crippen molar-refractivity contribution in [2.24, 2.45) is 0 Å². The lowest BCUT2D eigenvalue weighted by Gasteiger charge is -2.16. The first-order valence-electron chi connectivity index (χ1n) is 8.68. The van der Waals surface area contributed by atoms with Crippen molar-refractivity contribution < 1.29 is 4.39 Å². The summed E-state index contributed by atoms with van der Waals surface area (Å²) in [5.74, 6) is 1.78. The minimum Gasteiger partial charge on any atom is -0.396 e. The van der Waals surface area contributed by atoms with Crippen molar-refractivity contribution >= 4 is 23.0 Å². The normalized spacial score (nSPS) is 14.8. The molecule has 6 nitrogen and oxygen atoms in total. The average Bonchev–Trinajstić information content (AvgIpc) is 3.38. The molecule has 1 aromatic carbocycles. The molecule has 0 radical (unpaired) electrons. The maximum absolute atomic E-state index is 13.1. The van der Waals surface area contributed by atoms with E-state index in [0.717, 1.165) is 22.8 Å². The van der Waals surface area contributed by atoms with Crippen LogP contribution >= 0.6 is 0 Å². The van der Waals surface area contributed by atoms with E-state index < -0.39 is 0 Å². The smallest absolute Gasteiger partial charge is 0.152 e. The van der Waals surface area contributed by atoms with Crippen LogP contribution in [0, 0.1) is 5.82 Å². The number of pyridine rings is 1. The van der Waals surface area contributed by atoms with Gasteiger partial charge in [0.05, 0.1) is 17.6 Å². The van der Waals surface area contributed by atoms with E-state index in [1.165, 1.54) is 25.0 Å². The van der Waals surface area contributed by atoms with Crippen LogP contribution in [0.3, 0.4) is 0 Å². The fourth-order valence-electron chi connectivity index (χ4n) is 2.85. The van der Waals surface area contributed by atoms with E-state index in [4.69, 9.17) is 5.73 Å². The first kappa shape index (κ1) is 16.4. The quantitative estimate of drug-likeness (QED) is 0.530. The van der Waals surface area contributed by atoms with Crippen LogP contribution in [0.4, 0.5) is 27.4 Å². The Morgan fingerprint density at radius 1 is 1.19 bits per heavy atom. The second-order valence-corrected chi connectivity index (χ2v) is 6.68. The number of nitrogens with two attached hydrogens (primary N) is 1. The minimum absolute atomic E-state index is 0.0218. The van der Waals surface area contributed by atoms with Crippen LogP contribution in [0.15, 0.2) is 42.6 Å². The summed E-state index contributed by atoms with van der Waals surface area (Å²) in [7, 11) is 0. The van der Waals surface area contributed by atoms with Crippen molar-refractivity contribution in [1.29, 1.82) is 0 Å². The Hall–Kier alpha value is -3.09. The number of aromatic nitrogens is 3. The largest absolute Gasteiger partial charge is 0.396 e. The van der Waals surface area contributed by atoms with Gasteiger partial charge in [-0.3, -0.25) is 5.10 Å². The van der Waals surface area contributed by atoms with Crippen LogP contribution in [-0.4, -0.2) is 15.2 Å². The Bertz CT molecular complexity index is 901. The van der Waals surface area contributed by atoms with Gasteiger partial charge in [0.25, 0.3) is 0 Å². The topological polar surface area (TPSA) is 91.6 Å². The molecule has 0 spiro atoms. The van der Waals surface area contributed by atoms with Gasteiger partial charge in [-0.15, -0.1) is 0 Å². The van der Waals surface area contributed by atoms with Crippen molar-refractivity contribution in [2.75, 3.05) is 16.4 Å². The molecule has 2 aromatic heterocycles. The zero-order valence-electron chi connectivity index (χ0n) is 14.5. The summed E-state index contributed by atoms with van der Waals surface area (Å²) >= 11 is 0. The summed E-state index contributed by atoms with van der Waals surface area (Å²) in [6.07, 6.45) is 4.04. The third kappa shape index (κ3) is 3.61. The Morgan fingerprint density at radius 3 is 2.69 bits per heavy atom. The first-order chi connectivity index (χ1) is 12.6. The molecule has 1 aliphatic rings. The highest BCUT2D eigenvalue weighted by molar-refractivity contribution is 5.73. The highest BCUT2D eigenvalue weighted by Gasteiger charge is 2.25. The lowest BCUT2D eigenvalue weighted by atomic mass is 10.1. The lowest BCUT2D eigenvalue weighted by Crippen LogP contribution is -2.09. The molecule has 0 bridgehead atoms. The molecule has 0 amide bonds. The van der Waals surface area contributed by atoms with Gasteiger partial charge in [0.2, 0.25) is 0 Å². The van der Waals surface area contributed by atoms with E-state index in [-0.39, 0.29) is 11.9 Å². The SMILES string of the molecule is C[C@H](Nc1cc(Nc2cc(C3CC3)[nH]n2)c(N)cn1)c1ccc(F)cc1. The van der Waals surface area contributed by atoms with Crippen LogP contribution in [-0.2, 0) is 0 Å². The summed E-state index contributed by atoms with van der Waals surface area (Å²) in [6, 6.07) is 10.3. The molecule has 0 saturated heterocycles. The van der Waals surface area contributed by atoms with Gasteiger partial charge in [-0.05, 0) is 37.5 Å². The minimum atomic E-state index is -0.248. The number of rotatable bonds is 6. The summed E-state index contributed by atoms with van der Waals surface area (Å²) < 4.78 is 13.1. The van der Waals surface area contributed by atoms with Gasteiger partial charge in [0.15, 0.2) is 5.82 Å². The fourth-order valence-corrected chi connectivity index (χ4v) is 2.85. The molecule has 134 valence electrons. The van der Waals surface area contributed by atoms with Crippen molar-refractivity contribution in [3.63, 3.8) is 0 Å². The van der Waals surface area contributed by atoms with E-state index in [0.29, 0.717) is 17.4 Å². The standard InChI is InChI=1S/C19H21FN6/c1-11(12-4-6-14(20)7-5-12)23-18-9-17(15(21)10-22-18)24-19-8-16(25-26-19)13-2-3-13/h4-11,13H,2-3,21H2,1H3,(H3,22,23,24,25,26)/t11-/m0/s1. The van der Waals surface area contributed by atoms with Gasteiger partial charge in [0, 0.05) is 29.8 Å². The van der Waals surface area contributed by atoms with Gasteiger partial charge >= 0.3 is 0 Å². The molecule has 26 heavy (non-hydrogen) atoms. The summed E-state index contributed by atoms with van der Waals surface area (Å²) in [5, 5.41) is 13.9. The third-order valence-corrected chi connectivity index (χ3v) is 4.55. The number of halogens is 1. The van der Waals surface area contributed by atoms with Gasteiger partial charge in [-0.1, -0.05) is 12.1 Å². The summed E-state index contributed by atoms with van der Waals surface area (Å²) in [6.45, 7) is 1.99. The molecule has 5 N–H and O–H groups in total. The number of benzene rings is 1. The van der Waals surface area contributed by atoms with E-state index in [1.807, 2.05) is 19.1 Å². The highest BCUT2D eigenvalue weighted by Crippen LogP contribution is 2.40. The van der Waals surface area contributed by atoms with Crippen molar-refractivity contribution in [2.45, 2.75) is 31.7 Å². The van der Waals surface area contributed by atoms with Crippen LogP contribution < -0.4 is 16.4 Å². The van der Waals surface area contributed by atoms with E-state index in [9.17, 15) is 4.39 Å². The van der Waals surface area contributed by atoms with E-state index in [1.54, 1.807) is 18.3 Å². The lowest BCUT2D eigenvalue weighted by molar-refractivity contribution is 0.626. The number of hydrogen-bond acceptors (Lipinski definition) is 5. The Labute approximate surface area is 151 Å². The number of nitrogens with one attached hydrogen (secondary N) is 3. The second kappa shape index (κ2) is 6.67. The zero-order chi connectivity index (χ0) is 18.1. The number of hydrogen-bond donors (Lipinski definition) is 4. The zero-order valence-corrected chi connectivity index (χ0v) is 14.5. The van der Waals surface area contributed by atoms with E-state index >= 15 is 0 Å². The Balaban J connectivity index is 1.48. The predicted molar refractivity (Wildman–Crippen MR) is 101 cm³/mol. The average molecular weight is 352 g/mol. The number of nitrogens with zero attached hydrogens (tertiary/aromatic N) is 2. The van der Waals surface area contributed by atoms with Crippen molar-refractivity contribution in [1.82, 2.24) is 15.2 Å². The van der Waals surface area contributed by atoms with Gasteiger partial charge in [-0.25, -0.2) is 9.37 Å². The molecule has 7 heteroatoms. The van der Waals surface area contributed by atoms with Gasteiger partial charge in [-0.2, -0.15) is 5.10 Å². The Morgan fingerprint density at radius 2 is 1.96 bits per heavy atom. The van der Waals surface area contributed by atoms with Crippen molar-refractivity contribution in [3.05, 3.63) is 59.7 Å². The second-order valence-electron chi connectivity index (χ2n) is 6.68. The van der Waals surface area contributed by atoms with Crippen LogP contribution in [0.2, 0.25) is 0 Å². The van der Waals surface area contributed by atoms with Crippen LogP contribution in [0.5, 0.6) is 0 Å². The van der Waals surface area contributed by atoms with Crippen LogP contribution in [0.1, 0.15) is 43.0 Å². The summed E-state index contributed by atoms with van der Waals surface area (Å²) in [5.41, 5.74) is 9.45. The number of nitrogen functional groups attached to an aromatic ring is 1. The molecule has 1 aliphatic carbocycles. The molecule has 4 rings (SSSR count). The molecule has 0 aliphatic heterocycles. The first-order valence-corrected chi connectivity index (χ1v) is 8.68. The molecule has 0 unspecified atom stereocenters. The molecular weight excluding hydrogens is 331 g/mol. The van der Waals surface area contributed by atoms with E-state index in [2.05, 4.69) is 25.8 Å². The fraction of sp³-hybridized carbons (Fsp3) is 0.263. The predicted octanol–water partition coefficient (Wildman–Crippen LogP) is 4.32. The molecule has 1 saturated carbocycles. The van der Waals surface area contributed by atoms with Gasteiger partial charge in [0.1, 0.15) is 11.6 Å². The van der Waals surface area contributed by atoms with Crippen LogP contribution in [0.25, 0.3) is 0 Å². The van der Waals surface area contributed by atoms with Gasteiger partial charge < -0.3 is 16.4 Å². The molecular formula is C19H21FN6. The molecule has 3 aromatic rings. The maximum atomic E-state index is 13.1. The number of aromatic amines is 1. The summed E-state index contributed by atoms with van der Waals surface area (Å²) in [4.78, 5) is 4.33. The monoisotopic (exact) mass is 352 g/mol. The molecule has 1 atom stereocenters. The number of H-pyrrole nitrogens is 1. The molecule has 2 heterocycles.